The molecule has 0 saturated carbocycles. The SMILES string of the molecule is CS(=O)(=NC(=O)c1cccc(-c2noc(C(F)(F)F)n2)c1)c1ccccc1F. The maximum Gasteiger partial charge on any atom is 0.471 e. The standard InChI is InChI=1S/C17H11F4N3O3S/c1-28(26,13-8-3-2-7-12(13)18)24-15(25)11-6-4-5-10(9-11)14-22-16(27-23-14)17(19,20)21/h2-9H,1H3. The summed E-state index contributed by atoms with van der Waals surface area (Å²) in [5.41, 5.74) is -0.0180. The molecular formula is C17H11F4N3O3S. The summed E-state index contributed by atoms with van der Waals surface area (Å²) in [6, 6.07) is 10.4. The lowest BCUT2D eigenvalue weighted by Gasteiger charge is -2.05. The zero-order valence-electron chi connectivity index (χ0n) is 14.1. The first kappa shape index (κ1) is 19.7. The summed E-state index contributed by atoms with van der Waals surface area (Å²) in [6.07, 6.45) is -3.69. The second-order valence-corrected chi connectivity index (χ2v) is 7.86. The highest BCUT2D eigenvalue weighted by molar-refractivity contribution is 7.93. The molecule has 146 valence electrons. The third-order valence-electron chi connectivity index (χ3n) is 3.54. The first-order chi connectivity index (χ1) is 13.1. The van der Waals surface area contributed by atoms with Gasteiger partial charge >= 0.3 is 12.1 Å². The molecule has 1 heterocycles. The van der Waals surface area contributed by atoms with E-state index in [-0.39, 0.29) is 21.8 Å². The molecule has 11 heteroatoms. The molecule has 3 rings (SSSR count). The van der Waals surface area contributed by atoms with E-state index in [1.165, 1.54) is 42.5 Å². The van der Waals surface area contributed by atoms with Gasteiger partial charge in [0.05, 0.1) is 14.6 Å². The first-order valence-electron chi connectivity index (χ1n) is 7.60. The Labute approximate surface area is 156 Å². The number of aromatic nitrogens is 2. The summed E-state index contributed by atoms with van der Waals surface area (Å²) in [6.45, 7) is 0. The number of nitrogens with zero attached hydrogens (tertiary/aromatic N) is 3. The Hall–Kier alpha value is -3.08. The fourth-order valence-electron chi connectivity index (χ4n) is 2.26. The molecule has 1 unspecified atom stereocenters. The van der Waals surface area contributed by atoms with Crippen molar-refractivity contribution in [3.63, 3.8) is 0 Å². The van der Waals surface area contributed by atoms with Crippen LogP contribution < -0.4 is 0 Å². The van der Waals surface area contributed by atoms with Gasteiger partial charge in [0.2, 0.25) is 5.82 Å². The molecule has 28 heavy (non-hydrogen) atoms. The van der Waals surface area contributed by atoms with Gasteiger partial charge in [-0.3, -0.25) is 4.79 Å². The van der Waals surface area contributed by atoms with E-state index in [0.717, 1.165) is 12.3 Å². The van der Waals surface area contributed by atoms with Crippen molar-refractivity contribution in [3.8, 4) is 11.4 Å². The minimum atomic E-state index is -4.80. The third-order valence-corrected chi connectivity index (χ3v) is 5.20. The highest BCUT2D eigenvalue weighted by Gasteiger charge is 2.38. The average molecular weight is 413 g/mol. The van der Waals surface area contributed by atoms with Gasteiger partial charge in [-0.05, 0) is 24.3 Å². The lowest BCUT2D eigenvalue weighted by Crippen LogP contribution is -2.06. The van der Waals surface area contributed by atoms with E-state index in [9.17, 15) is 26.6 Å². The Morgan fingerprint density at radius 3 is 2.50 bits per heavy atom. The number of carbonyl (C=O) groups excluding carboxylic acids is 1. The maximum absolute atomic E-state index is 13.9. The summed E-state index contributed by atoms with van der Waals surface area (Å²) < 4.78 is 72.0. The van der Waals surface area contributed by atoms with Crippen molar-refractivity contribution in [1.29, 1.82) is 0 Å². The second kappa shape index (κ2) is 7.15. The predicted molar refractivity (Wildman–Crippen MR) is 90.2 cm³/mol. The fraction of sp³-hybridized carbons (Fsp3) is 0.118. The van der Waals surface area contributed by atoms with E-state index >= 15 is 0 Å². The Morgan fingerprint density at radius 2 is 1.86 bits per heavy atom. The van der Waals surface area contributed by atoms with E-state index < -0.39 is 33.5 Å². The van der Waals surface area contributed by atoms with Gasteiger partial charge in [-0.1, -0.05) is 29.4 Å². The number of rotatable bonds is 3. The zero-order chi connectivity index (χ0) is 20.5. The monoisotopic (exact) mass is 413 g/mol. The van der Waals surface area contributed by atoms with Gasteiger partial charge in [0.1, 0.15) is 5.82 Å². The molecule has 6 nitrogen and oxygen atoms in total. The molecule has 1 atom stereocenters. The summed E-state index contributed by atoms with van der Waals surface area (Å²) >= 11 is 0. The molecule has 0 fully saturated rings. The number of hydrogen-bond acceptors (Lipinski definition) is 5. The van der Waals surface area contributed by atoms with Crippen molar-refractivity contribution >= 4 is 15.6 Å². The molecule has 0 N–H and O–H groups in total. The van der Waals surface area contributed by atoms with Crippen LogP contribution in [0.15, 0.2) is 62.3 Å². The molecule has 0 spiro atoms. The summed E-state index contributed by atoms with van der Waals surface area (Å²) in [5.74, 6) is -3.61. The van der Waals surface area contributed by atoms with Crippen molar-refractivity contribution < 1.29 is 31.1 Å². The van der Waals surface area contributed by atoms with E-state index in [1.54, 1.807) is 0 Å². The van der Waals surface area contributed by atoms with Gasteiger partial charge in [0.15, 0.2) is 0 Å². The first-order valence-corrected chi connectivity index (χ1v) is 9.52. The predicted octanol–water partition coefficient (Wildman–Crippen LogP) is 4.19. The molecule has 0 radical (unpaired) electrons. The van der Waals surface area contributed by atoms with Crippen LogP contribution in [0.3, 0.4) is 0 Å². The molecular weight excluding hydrogens is 402 g/mol. The molecule has 0 bridgehead atoms. The third kappa shape index (κ3) is 4.09. The normalized spacial score (nSPS) is 13.8. The molecule has 0 aliphatic carbocycles. The smallest absolute Gasteiger partial charge is 0.329 e. The van der Waals surface area contributed by atoms with Gasteiger partial charge in [-0.25, -0.2) is 8.60 Å². The van der Waals surface area contributed by atoms with Crippen molar-refractivity contribution in [2.45, 2.75) is 11.1 Å². The molecule has 1 amide bonds. The molecule has 0 saturated heterocycles. The Bertz CT molecular complexity index is 1160. The fourth-order valence-corrected chi connectivity index (χ4v) is 3.54. The summed E-state index contributed by atoms with van der Waals surface area (Å²) in [5, 5.41) is 3.23. The van der Waals surface area contributed by atoms with E-state index in [2.05, 4.69) is 19.0 Å². The van der Waals surface area contributed by atoms with Crippen molar-refractivity contribution in [2.24, 2.45) is 4.36 Å². The molecule has 0 aliphatic heterocycles. The van der Waals surface area contributed by atoms with E-state index in [1.807, 2.05) is 0 Å². The lowest BCUT2D eigenvalue weighted by molar-refractivity contribution is -0.159. The molecule has 3 aromatic rings. The van der Waals surface area contributed by atoms with Gasteiger partial charge < -0.3 is 4.52 Å². The van der Waals surface area contributed by atoms with Crippen LogP contribution in [0.25, 0.3) is 11.4 Å². The number of hydrogen-bond donors (Lipinski definition) is 0. The van der Waals surface area contributed by atoms with Gasteiger partial charge in [0.25, 0.3) is 5.91 Å². The quantitative estimate of drug-likeness (QED) is 0.601. The second-order valence-electron chi connectivity index (χ2n) is 5.63. The summed E-state index contributed by atoms with van der Waals surface area (Å²) in [7, 11) is -3.38. The van der Waals surface area contributed by atoms with Gasteiger partial charge in [-0.2, -0.15) is 22.5 Å². The van der Waals surface area contributed by atoms with Crippen LogP contribution in [-0.4, -0.2) is 26.5 Å². The van der Waals surface area contributed by atoms with Gasteiger partial charge in [0, 0.05) is 17.4 Å². The topological polar surface area (TPSA) is 85.4 Å². The van der Waals surface area contributed by atoms with Crippen molar-refractivity contribution in [2.75, 3.05) is 6.26 Å². The Kier molecular flexibility index (Phi) is 5.02. The van der Waals surface area contributed by atoms with Crippen LogP contribution >= 0.6 is 0 Å². The number of halogens is 4. The highest BCUT2D eigenvalue weighted by Crippen LogP contribution is 2.29. The molecule has 2 aromatic carbocycles. The van der Waals surface area contributed by atoms with Crippen LogP contribution in [0.5, 0.6) is 0 Å². The van der Waals surface area contributed by atoms with Crippen LogP contribution in [0.4, 0.5) is 17.6 Å². The minimum absolute atomic E-state index is 0.0637. The molecule has 0 aliphatic rings. The van der Waals surface area contributed by atoms with Crippen LogP contribution in [0, 0.1) is 5.82 Å². The average Bonchev–Trinajstić information content (AvgIpc) is 3.12. The number of alkyl halides is 3. The minimum Gasteiger partial charge on any atom is -0.329 e. The van der Waals surface area contributed by atoms with Crippen LogP contribution in [0.1, 0.15) is 16.2 Å². The zero-order valence-corrected chi connectivity index (χ0v) is 14.9. The summed E-state index contributed by atoms with van der Waals surface area (Å²) in [4.78, 5) is 15.4. The van der Waals surface area contributed by atoms with Crippen molar-refractivity contribution in [1.82, 2.24) is 10.1 Å². The van der Waals surface area contributed by atoms with Gasteiger partial charge in [-0.15, -0.1) is 0 Å². The van der Waals surface area contributed by atoms with E-state index in [4.69, 9.17) is 0 Å². The lowest BCUT2D eigenvalue weighted by atomic mass is 10.1. The Balaban J connectivity index is 1.96. The van der Waals surface area contributed by atoms with Crippen LogP contribution in [0.2, 0.25) is 0 Å². The number of amides is 1. The number of carbonyl (C=O) groups is 1. The van der Waals surface area contributed by atoms with Crippen LogP contribution in [-0.2, 0) is 15.9 Å². The van der Waals surface area contributed by atoms with Crippen molar-refractivity contribution in [3.05, 3.63) is 65.8 Å². The highest BCUT2D eigenvalue weighted by atomic mass is 32.2. The molecule has 1 aromatic heterocycles. The maximum atomic E-state index is 13.9. The Morgan fingerprint density at radius 1 is 1.14 bits per heavy atom. The largest absolute Gasteiger partial charge is 0.471 e. The number of benzene rings is 2. The van der Waals surface area contributed by atoms with E-state index in [0.29, 0.717) is 0 Å².